The van der Waals surface area contributed by atoms with Crippen molar-refractivity contribution in [1.82, 2.24) is 0 Å². The molecule has 0 bridgehead atoms. The number of ketones is 1. The van der Waals surface area contributed by atoms with Gasteiger partial charge < -0.3 is 0 Å². The zero-order chi connectivity index (χ0) is 13.9. The number of Topliss-reactive ketones (excluding diaryl/α,β-unsaturated/α-hetero) is 1. The second-order valence-electron chi connectivity index (χ2n) is 6.02. The molecule has 3 aliphatic rings. The van der Waals surface area contributed by atoms with E-state index in [0.29, 0.717) is 29.4 Å². The SMILES string of the molecule is C=[O+]C(=O)/C(C)=C1/C=C2C(=C)[C@H]3C[C@H]3[C@]2(C)CC1=O. The van der Waals surface area contributed by atoms with E-state index in [1.807, 2.05) is 6.08 Å². The molecule has 3 rings (SSSR count). The number of carbonyl (C=O) groups is 2. The molecular weight excluding hydrogens is 240 g/mol. The van der Waals surface area contributed by atoms with E-state index in [9.17, 15) is 9.59 Å². The molecule has 2 saturated carbocycles. The lowest BCUT2D eigenvalue weighted by Crippen LogP contribution is -2.29. The Kier molecular flexibility index (Phi) is 2.34. The summed E-state index contributed by atoms with van der Waals surface area (Å²) in [5.41, 5.74) is 3.02. The fraction of sp³-hybridized carbons (Fsp3) is 0.438. The Morgan fingerprint density at radius 2 is 2.21 bits per heavy atom. The van der Waals surface area contributed by atoms with Crippen LogP contribution in [0.25, 0.3) is 0 Å². The third-order valence-corrected chi connectivity index (χ3v) is 4.98. The quantitative estimate of drug-likeness (QED) is 0.534. The van der Waals surface area contributed by atoms with Crippen LogP contribution >= 0.6 is 0 Å². The molecule has 0 aliphatic heterocycles. The Morgan fingerprint density at radius 1 is 1.53 bits per heavy atom. The molecule has 0 radical (unpaired) electrons. The van der Waals surface area contributed by atoms with Gasteiger partial charge in [-0.15, -0.1) is 0 Å². The fourth-order valence-corrected chi connectivity index (χ4v) is 3.72. The van der Waals surface area contributed by atoms with Gasteiger partial charge >= 0.3 is 5.97 Å². The van der Waals surface area contributed by atoms with Gasteiger partial charge in [0.25, 0.3) is 0 Å². The first-order valence-electron chi connectivity index (χ1n) is 6.52. The van der Waals surface area contributed by atoms with E-state index in [2.05, 4.69) is 24.7 Å². The maximum atomic E-state index is 12.3. The minimum Gasteiger partial charge on any atom is -0.294 e. The van der Waals surface area contributed by atoms with E-state index in [-0.39, 0.29) is 11.2 Å². The third-order valence-electron chi connectivity index (χ3n) is 4.98. The number of hydrogen-bond donors (Lipinski definition) is 0. The topological polar surface area (TPSA) is 45.4 Å². The highest BCUT2D eigenvalue weighted by Gasteiger charge is 2.61. The van der Waals surface area contributed by atoms with Crippen molar-refractivity contribution in [3.8, 4) is 0 Å². The van der Waals surface area contributed by atoms with E-state index in [0.717, 1.165) is 17.6 Å². The van der Waals surface area contributed by atoms with Gasteiger partial charge in [-0.05, 0) is 42.4 Å². The molecule has 3 nitrogen and oxygen atoms in total. The molecule has 19 heavy (non-hydrogen) atoms. The van der Waals surface area contributed by atoms with E-state index < -0.39 is 5.97 Å². The van der Waals surface area contributed by atoms with Gasteiger partial charge in [0, 0.05) is 17.4 Å². The van der Waals surface area contributed by atoms with Gasteiger partial charge in [-0.1, -0.05) is 13.5 Å². The molecule has 0 spiro atoms. The highest BCUT2D eigenvalue weighted by Crippen LogP contribution is 2.69. The van der Waals surface area contributed by atoms with Crippen LogP contribution in [-0.2, 0) is 14.0 Å². The smallest absolute Gasteiger partial charge is 0.294 e. The Balaban J connectivity index is 2.12. The van der Waals surface area contributed by atoms with Crippen LogP contribution in [0.1, 0.15) is 26.7 Å². The fourth-order valence-electron chi connectivity index (χ4n) is 3.72. The summed E-state index contributed by atoms with van der Waals surface area (Å²) in [5.74, 6) is 0.590. The van der Waals surface area contributed by atoms with Gasteiger partial charge in [0.1, 0.15) is 5.57 Å². The van der Waals surface area contributed by atoms with Gasteiger partial charge in [-0.3, -0.25) is 9.22 Å². The Labute approximate surface area is 112 Å². The van der Waals surface area contributed by atoms with Crippen LogP contribution in [0.15, 0.2) is 34.9 Å². The number of carbonyl (C=O) groups excluding carboxylic acids is 3. The van der Waals surface area contributed by atoms with Crippen LogP contribution in [0, 0.1) is 17.3 Å². The summed E-state index contributed by atoms with van der Waals surface area (Å²) in [4.78, 5) is 23.9. The first-order valence-corrected chi connectivity index (χ1v) is 6.52. The average molecular weight is 257 g/mol. The number of fused-ring (bicyclic) bond motifs is 3. The van der Waals surface area contributed by atoms with E-state index in [1.165, 1.54) is 0 Å². The first kappa shape index (κ1) is 12.3. The van der Waals surface area contributed by atoms with Gasteiger partial charge in [0.15, 0.2) is 12.6 Å². The van der Waals surface area contributed by atoms with Crippen molar-refractivity contribution >= 4 is 18.5 Å². The monoisotopic (exact) mass is 257 g/mol. The molecule has 0 heterocycles. The normalized spacial score (nSPS) is 38.3. The number of allylic oxidation sites excluding steroid dienone is 4. The molecule has 3 aliphatic carbocycles. The van der Waals surface area contributed by atoms with Crippen LogP contribution in [0.2, 0.25) is 0 Å². The summed E-state index contributed by atoms with van der Waals surface area (Å²) >= 11 is 0. The van der Waals surface area contributed by atoms with E-state index in [4.69, 9.17) is 0 Å². The van der Waals surface area contributed by atoms with Gasteiger partial charge in [0.2, 0.25) is 0 Å². The lowest BCUT2D eigenvalue weighted by molar-refractivity contribution is -0.363. The molecule has 98 valence electrons. The van der Waals surface area contributed by atoms with Crippen LogP contribution in [0.4, 0.5) is 0 Å². The molecule has 3 atom stereocenters. The molecule has 0 unspecified atom stereocenters. The molecule has 0 aromatic rings. The highest BCUT2D eigenvalue weighted by atomic mass is 16.4. The van der Waals surface area contributed by atoms with E-state index in [1.54, 1.807) is 6.92 Å². The summed E-state index contributed by atoms with van der Waals surface area (Å²) in [7, 11) is 0. The predicted octanol–water partition coefficient (Wildman–Crippen LogP) is 2.31. The highest BCUT2D eigenvalue weighted by molar-refractivity contribution is 6.07. The average Bonchev–Trinajstić information content (AvgIpc) is 3.13. The first-order chi connectivity index (χ1) is 8.90. The second-order valence-corrected chi connectivity index (χ2v) is 6.02. The van der Waals surface area contributed by atoms with Crippen LogP contribution in [0.3, 0.4) is 0 Å². The van der Waals surface area contributed by atoms with Gasteiger partial charge in [-0.25, -0.2) is 0 Å². The van der Waals surface area contributed by atoms with Crippen molar-refractivity contribution in [2.75, 3.05) is 0 Å². The maximum absolute atomic E-state index is 12.3. The lowest BCUT2D eigenvalue weighted by atomic mass is 9.70. The standard InChI is InChI=1S/C16H17O3/c1-8-10-5-13(10)16(3)7-14(17)11(6-12(8)16)9(2)15(18)19-4/h6,10,13H,1,4-5,7H2,2-3H3/q+1/b11-9-/t10-,13-,16-/m1/s1. The Hall–Kier alpha value is -1.77. The van der Waals surface area contributed by atoms with Crippen LogP contribution in [-0.4, -0.2) is 18.5 Å². The largest absolute Gasteiger partial charge is 0.608 e. The minimum absolute atomic E-state index is 0.0227. The van der Waals surface area contributed by atoms with Crippen molar-refractivity contribution in [1.29, 1.82) is 0 Å². The van der Waals surface area contributed by atoms with Crippen molar-refractivity contribution in [3.05, 3.63) is 34.9 Å². The second kappa shape index (κ2) is 3.62. The zero-order valence-electron chi connectivity index (χ0n) is 11.3. The Morgan fingerprint density at radius 3 is 2.84 bits per heavy atom. The Bertz CT molecular complexity index is 605. The number of hydrogen-bond acceptors (Lipinski definition) is 2. The predicted molar refractivity (Wildman–Crippen MR) is 71.4 cm³/mol. The van der Waals surface area contributed by atoms with Gasteiger partial charge in [-0.2, -0.15) is 0 Å². The molecule has 3 heteroatoms. The van der Waals surface area contributed by atoms with Crippen molar-refractivity contribution in [3.63, 3.8) is 0 Å². The lowest BCUT2D eigenvalue weighted by Gasteiger charge is -2.32. The van der Waals surface area contributed by atoms with Crippen molar-refractivity contribution in [2.45, 2.75) is 26.7 Å². The zero-order valence-corrected chi connectivity index (χ0v) is 11.3. The summed E-state index contributed by atoms with van der Waals surface area (Å²) in [6.07, 6.45) is 3.47. The van der Waals surface area contributed by atoms with E-state index >= 15 is 0 Å². The van der Waals surface area contributed by atoms with Crippen molar-refractivity contribution in [2.24, 2.45) is 17.3 Å². The molecule has 0 saturated heterocycles. The van der Waals surface area contributed by atoms with Crippen LogP contribution in [0.5, 0.6) is 0 Å². The molecule has 0 amide bonds. The maximum Gasteiger partial charge on any atom is 0.608 e. The van der Waals surface area contributed by atoms with Crippen LogP contribution < -0.4 is 0 Å². The summed E-state index contributed by atoms with van der Waals surface area (Å²) in [6.45, 7) is 11.0. The molecule has 2 fully saturated rings. The summed E-state index contributed by atoms with van der Waals surface area (Å²) in [5, 5.41) is 0. The molecule has 0 aromatic carbocycles. The molecule has 0 aromatic heterocycles. The number of rotatable bonds is 1. The summed E-state index contributed by atoms with van der Waals surface area (Å²) in [6, 6.07) is 0. The third kappa shape index (κ3) is 1.47. The van der Waals surface area contributed by atoms with Crippen molar-refractivity contribution < 1.29 is 14.0 Å². The minimum atomic E-state index is -0.544. The van der Waals surface area contributed by atoms with Gasteiger partial charge in [0.05, 0.1) is 4.79 Å². The summed E-state index contributed by atoms with van der Waals surface area (Å²) < 4.78 is 4.46. The molecule has 0 N–H and O–H groups in total. The molecular formula is C16H17O3+.